The lowest BCUT2D eigenvalue weighted by atomic mass is 9.89. The van der Waals surface area contributed by atoms with E-state index in [1.54, 1.807) is 0 Å². The van der Waals surface area contributed by atoms with Gasteiger partial charge >= 0.3 is 0 Å². The van der Waals surface area contributed by atoms with Crippen molar-refractivity contribution in [2.45, 2.75) is 18.8 Å². The van der Waals surface area contributed by atoms with E-state index in [9.17, 15) is 0 Å². The van der Waals surface area contributed by atoms with Gasteiger partial charge in [0.15, 0.2) is 0 Å². The zero-order valence-corrected chi connectivity index (χ0v) is 12.0. The Hall–Kier alpha value is -2.13. The number of aromatic nitrogens is 2. The summed E-state index contributed by atoms with van der Waals surface area (Å²) >= 11 is 0. The lowest BCUT2D eigenvalue weighted by Crippen LogP contribution is -2.26. The number of hydrogen-bond acceptors (Lipinski definition) is 2. The summed E-state index contributed by atoms with van der Waals surface area (Å²) in [6.07, 6.45) is 2.48. The van der Waals surface area contributed by atoms with Crippen molar-refractivity contribution in [1.82, 2.24) is 15.5 Å². The first-order valence-corrected chi connectivity index (χ1v) is 7.66. The molecule has 0 aliphatic carbocycles. The van der Waals surface area contributed by atoms with Gasteiger partial charge in [-0.05, 0) is 43.5 Å². The lowest BCUT2D eigenvalue weighted by Gasteiger charge is -2.23. The Balaban J connectivity index is 1.67. The monoisotopic (exact) mass is 277 g/mol. The van der Waals surface area contributed by atoms with E-state index >= 15 is 0 Å². The summed E-state index contributed by atoms with van der Waals surface area (Å²) in [5.41, 5.74) is 4.78. The molecular weight excluding hydrogens is 258 g/mol. The molecular formula is C18H19N3. The van der Waals surface area contributed by atoms with Crippen LogP contribution in [0.5, 0.6) is 0 Å². The van der Waals surface area contributed by atoms with Gasteiger partial charge in [-0.1, -0.05) is 42.5 Å². The molecule has 1 aromatic heterocycles. The van der Waals surface area contributed by atoms with Crippen molar-refractivity contribution in [3.8, 4) is 11.3 Å². The summed E-state index contributed by atoms with van der Waals surface area (Å²) in [5, 5.41) is 12.2. The zero-order chi connectivity index (χ0) is 14.1. The molecule has 0 unspecified atom stereocenters. The Morgan fingerprint density at radius 1 is 0.905 bits per heavy atom. The molecule has 1 saturated heterocycles. The van der Waals surface area contributed by atoms with Crippen molar-refractivity contribution in [3.05, 3.63) is 54.1 Å². The van der Waals surface area contributed by atoms with Crippen LogP contribution in [0, 0.1) is 0 Å². The van der Waals surface area contributed by atoms with E-state index in [4.69, 9.17) is 0 Å². The Morgan fingerprint density at radius 2 is 1.67 bits per heavy atom. The Labute approximate surface area is 124 Å². The third-order valence-corrected chi connectivity index (χ3v) is 4.47. The highest BCUT2D eigenvalue weighted by Gasteiger charge is 2.15. The van der Waals surface area contributed by atoms with Crippen LogP contribution < -0.4 is 5.32 Å². The maximum absolute atomic E-state index is 4.47. The number of nitrogens with one attached hydrogen (secondary N) is 2. The lowest BCUT2D eigenvalue weighted by molar-refractivity contribution is 0.460. The number of para-hydroxylation sites is 1. The molecule has 3 heteroatoms. The average Bonchev–Trinajstić information content (AvgIpc) is 3.00. The van der Waals surface area contributed by atoms with Crippen LogP contribution in [0.1, 0.15) is 24.3 Å². The quantitative estimate of drug-likeness (QED) is 0.750. The number of piperidine rings is 1. The van der Waals surface area contributed by atoms with Gasteiger partial charge in [0.1, 0.15) is 0 Å². The van der Waals surface area contributed by atoms with Crippen LogP contribution in [0.25, 0.3) is 22.2 Å². The molecule has 2 aromatic carbocycles. The Bertz CT molecular complexity index is 737. The molecule has 0 spiro atoms. The minimum Gasteiger partial charge on any atom is -0.317 e. The summed E-state index contributed by atoms with van der Waals surface area (Å²) < 4.78 is 0. The Kier molecular flexibility index (Phi) is 3.20. The summed E-state index contributed by atoms with van der Waals surface area (Å²) in [6.45, 7) is 2.27. The molecule has 0 bridgehead atoms. The number of rotatable bonds is 2. The SMILES string of the molecule is c1ccc2c(-c3ccc(C4CCNCC4)cc3)n[nH]c2c1. The molecule has 0 radical (unpaired) electrons. The molecule has 4 rings (SSSR count). The first kappa shape index (κ1) is 12.6. The van der Waals surface area contributed by atoms with E-state index in [2.05, 4.69) is 58.0 Å². The molecule has 0 atom stereocenters. The summed E-state index contributed by atoms with van der Waals surface area (Å²) in [4.78, 5) is 0. The molecule has 106 valence electrons. The number of nitrogens with zero attached hydrogens (tertiary/aromatic N) is 1. The van der Waals surface area contributed by atoms with E-state index in [0.717, 1.165) is 24.3 Å². The molecule has 0 amide bonds. The minimum atomic E-state index is 0.705. The van der Waals surface area contributed by atoms with Crippen molar-refractivity contribution >= 4 is 10.9 Å². The van der Waals surface area contributed by atoms with Gasteiger partial charge in [-0.25, -0.2) is 0 Å². The minimum absolute atomic E-state index is 0.705. The number of hydrogen-bond donors (Lipinski definition) is 2. The van der Waals surface area contributed by atoms with Crippen LogP contribution in [-0.4, -0.2) is 23.3 Å². The normalized spacial score (nSPS) is 16.4. The van der Waals surface area contributed by atoms with Crippen molar-refractivity contribution in [3.63, 3.8) is 0 Å². The standard InChI is InChI=1S/C18H19N3/c1-2-4-17-16(3-1)18(21-20-17)15-7-5-13(6-8-15)14-9-11-19-12-10-14/h1-8,14,19H,9-12H2,(H,20,21). The molecule has 0 saturated carbocycles. The number of benzene rings is 2. The smallest absolute Gasteiger partial charge is 0.0999 e. The second kappa shape index (κ2) is 5.34. The van der Waals surface area contributed by atoms with Gasteiger partial charge in [0, 0.05) is 10.9 Å². The maximum Gasteiger partial charge on any atom is 0.0999 e. The van der Waals surface area contributed by atoms with E-state index in [1.807, 2.05) is 6.07 Å². The molecule has 2 N–H and O–H groups in total. The van der Waals surface area contributed by atoms with E-state index in [0.29, 0.717) is 5.92 Å². The molecule has 2 heterocycles. The van der Waals surface area contributed by atoms with Gasteiger partial charge in [-0.2, -0.15) is 5.10 Å². The topological polar surface area (TPSA) is 40.7 Å². The highest BCUT2D eigenvalue weighted by molar-refractivity contribution is 5.92. The predicted molar refractivity (Wildman–Crippen MR) is 86.4 cm³/mol. The van der Waals surface area contributed by atoms with Gasteiger partial charge in [0.05, 0.1) is 11.2 Å². The average molecular weight is 277 g/mol. The van der Waals surface area contributed by atoms with Crippen LogP contribution in [0.4, 0.5) is 0 Å². The first-order chi connectivity index (χ1) is 10.4. The van der Waals surface area contributed by atoms with Crippen LogP contribution >= 0.6 is 0 Å². The highest BCUT2D eigenvalue weighted by atomic mass is 15.1. The van der Waals surface area contributed by atoms with E-state index < -0.39 is 0 Å². The largest absolute Gasteiger partial charge is 0.317 e. The molecule has 21 heavy (non-hydrogen) atoms. The van der Waals surface area contributed by atoms with Gasteiger partial charge in [-0.15, -0.1) is 0 Å². The third-order valence-electron chi connectivity index (χ3n) is 4.47. The molecule has 1 aliphatic rings. The van der Waals surface area contributed by atoms with Crippen LogP contribution in [0.2, 0.25) is 0 Å². The second-order valence-corrected chi connectivity index (χ2v) is 5.76. The second-order valence-electron chi connectivity index (χ2n) is 5.76. The van der Waals surface area contributed by atoms with Gasteiger partial charge in [0.25, 0.3) is 0 Å². The van der Waals surface area contributed by atoms with E-state index in [-0.39, 0.29) is 0 Å². The van der Waals surface area contributed by atoms with Crippen molar-refractivity contribution in [2.24, 2.45) is 0 Å². The zero-order valence-electron chi connectivity index (χ0n) is 12.0. The van der Waals surface area contributed by atoms with Crippen molar-refractivity contribution < 1.29 is 0 Å². The van der Waals surface area contributed by atoms with Gasteiger partial charge < -0.3 is 5.32 Å². The maximum atomic E-state index is 4.47. The fraction of sp³-hybridized carbons (Fsp3) is 0.278. The van der Waals surface area contributed by atoms with Crippen LogP contribution in [0.3, 0.4) is 0 Å². The van der Waals surface area contributed by atoms with Gasteiger partial charge in [-0.3, -0.25) is 5.10 Å². The highest BCUT2D eigenvalue weighted by Crippen LogP contribution is 2.29. The van der Waals surface area contributed by atoms with Crippen molar-refractivity contribution in [1.29, 1.82) is 0 Å². The molecule has 3 aromatic rings. The van der Waals surface area contributed by atoms with Crippen LogP contribution in [-0.2, 0) is 0 Å². The summed E-state index contributed by atoms with van der Waals surface area (Å²) in [7, 11) is 0. The molecule has 3 nitrogen and oxygen atoms in total. The number of aromatic amines is 1. The van der Waals surface area contributed by atoms with Crippen molar-refractivity contribution in [2.75, 3.05) is 13.1 Å². The first-order valence-electron chi connectivity index (χ1n) is 7.66. The fourth-order valence-electron chi connectivity index (χ4n) is 3.25. The fourth-order valence-corrected chi connectivity index (χ4v) is 3.25. The Morgan fingerprint density at radius 3 is 2.48 bits per heavy atom. The number of H-pyrrole nitrogens is 1. The summed E-state index contributed by atoms with van der Waals surface area (Å²) in [6, 6.07) is 17.2. The third kappa shape index (κ3) is 2.34. The van der Waals surface area contributed by atoms with Crippen LogP contribution in [0.15, 0.2) is 48.5 Å². The predicted octanol–water partition coefficient (Wildman–Crippen LogP) is 3.70. The van der Waals surface area contributed by atoms with E-state index in [1.165, 1.54) is 29.4 Å². The molecule has 1 aliphatic heterocycles. The molecule has 1 fully saturated rings. The van der Waals surface area contributed by atoms with Gasteiger partial charge in [0.2, 0.25) is 0 Å². The summed E-state index contributed by atoms with van der Waals surface area (Å²) in [5.74, 6) is 0.705. The number of fused-ring (bicyclic) bond motifs is 1.